The number of carboxylic acids is 1. The molecule has 2 unspecified atom stereocenters. The van der Waals surface area contributed by atoms with Gasteiger partial charge in [0.05, 0.1) is 15.9 Å². The molecule has 0 bridgehead atoms. The maximum atomic E-state index is 11.2. The number of para-hydroxylation sites is 1. The van der Waals surface area contributed by atoms with Crippen LogP contribution in [-0.4, -0.2) is 26.8 Å². The van der Waals surface area contributed by atoms with E-state index in [2.05, 4.69) is 5.32 Å². The molecule has 1 aliphatic heterocycles. The summed E-state index contributed by atoms with van der Waals surface area (Å²) in [6.07, 6.45) is 0. The number of thioether (sulfide) groups is 1. The van der Waals surface area contributed by atoms with Gasteiger partial charge in [0.1, 0.15) is 6.04 Å². The molecule has 1 aromatic rings. The van der Waals surface area contributed by atoms with Gasteiger partial charge < -0.3 is 5.11 Å². The highest BCUT2D eigenvalue weighted by atomic mass is 32.2. The lowest BCUT2D eigenvalue weighted by Crippen LogP contribution is -2.43. The third-order valence-corrected chi connectivity index (χ3v) is 4.57. The number of hydrogen-bond donors (Lipinski definition) is 2. The van der Waals surface area contributed by atoms with Crippen LogP contribution in [0.5, 0.6) is 0 Å². The maximum absolute atomic E-state index is 11.2. The lowest BCUT2D eigenvalue weighted by atomic mass is 10.0. The average molecular weight is 282 g/mol. The minimum atomic E-state index is -0.946. The van der Waals surface area contributed by atoms with Crippen molar-refractivity contribution in [2.45, 2.75) is 30.0 Å². The number of hydrogen-bond acceptors (Lipinski definition) is 5. The minimum Gasteiger partial charge on any atom is -0.480 e. The molecule has 0 radical (unpaired) electrons. The van der Waals surface area contributed by atoms with Crippen LogP contribution < -0.4 is 5.32 Å². The highest BCUT2D eigenvalue weighted by molar-refractivity contribution is 8.01. The summed E-state index contributed by atoms with van der Waals surface area (Å²) in [5.41, 5.74) is 0.517. The molecule has 7 heteroatoms. The summed E-state index contributed by atoms with van der Waals surface area (Å²) in [4.78, 5) is 21.8. The molecule has 0 saturated carbocycles. The molecule has 6 nitrogen and oxygen atoms in total. The molecule has 0 aromatic heterocycles. The number of aliphatic carboxylic acids is 1. The number of rotatable bonds is 3. The number of nitrogens with one attached hydrogen (secondary N) is 1. The van der Waals surface area contributed by atoms with Gasteiger partial charge >= 0.3 is 5.97 Å². The Bertz CT molecular complexity index is 532. The Labute approximate surface area is 114 Å². The quantitative estimate of drug-likeness (QED) is 0.652. The zero-order chi connectivity index (χ0) is 14.2. The molecule has 0 spiro atoms. The molecule has 0 amide bonds. The lowest BCUT2D eigenvalue weighted by molar-refractivity contribution is -0.385. The van der Waals surface area contributed by atoms with Gasteiger partial charge in [0.25, 0.3) is 5.69 Å². The Hall–Kier alpha value is -1.60. The fourth-order valence-electron chi connectivity index (χ4n) is 2.16. The van der Waals surface area contributed by atoms with E-state index >= 15 is 0 Å². The number of nitrogens with zero attached hydrogens (tertiary/aromatic N) is 1. The standard InChI is InChI=1S/C12H14N2O4S/c1-12(2)9(11(15)16)13-10(19-12)7-5-3-4-6-8(7)14(17)18/h3-6,9-10,13H,1-2H3,(H,15,16). The molecule has 1 aliphatic rings. The van der Waals surface area contributed by atoms with Crippen LogP contribution >= 0.6 is 11.8 Å². The summed E-state index contributed by atoms with van der Waals surface area (Å²) in [5.74, 6) is -0.946. The van der Waals surface area contributed by atoms with E-state index in [1.807, 2.05) is 13.8 Å². The van der Waals surface area contributed by atoms with Gasteiger partial charge in [-0.05, 0) is 19.9 Å². The van der Waals surface area contributed by atoms with Crippen LogP contribution in [-0.2, 0) is 4.79 Å². The summed E-state index contributed by atoms with van der Waals surface area (Å²) < 4.78 is -0.528. The largest absolute Gasteiger partial charge is 0.480 e. The van der Waals surface area contributed by atoms with E-state index in [-0.39, 0.29) is 5.69 Å². The second-order valence-corrected chi connectivity index (χ2v) is 6.61. The van der Waals surface area contributed by atoms with Crippen molar-refractivity contribution in [1.29, 1.82) is 0 Å². The topological polar surface area (TPSA) is 92.5 Å². The van der Waals surface area contributed by atoms with Gasteiger partial charge in [-0.3, -0.25) is 20.2 Å². The first kappa shape index (κ1) is 13.8. The van der Waals surface area contributed by atoms with E-state index in [4.69, 9.17) is 0 Å². The molecule has 1 aromatic carbocycles. The predicted molar refractivity (Wildman–Crippen MR) is 72.1 cm³/mol. The monoisotopic (exact) mass is 282 g/mol. The molecular weight excluding hydrogens is 268 g/mol. The van der Waals surface area contributed by atoms with Crippen molar-refractivity contribution < 1.29 is 14.8 Å². The highest BCUT2D eigenvalue weighted by Crippen LogP contribution is 2.47. The fraction of sp³-hybridized carbons (Fsp3) is 0.417. The summed E-state index contributed by atoms with van der Waals surface area (Å²) in [5, 5.41) is 22.7. The lowest BCUT2D eigenvalue weighted by Gasteiger charge is -2.20. The van der Waals surface area contributed by atoms with Gasteiger partial charge in [0.15, 0.2) is 0 Å². The second-order valence-electron chi connectivity index (χ2n) is 4.86. The number of carbonyl (C=O) groups is 1. The van der Waals surface area contributed by atoms with E-state index in [1.165, 1.54) is 17.8 Å². The van der Waals surface area contributed by atoms with E-state index in [9.17, 15) is 20.0 Å². The number of nitro benzene ring substituents is 1. The van der Waals surface area contributed by atoms with Gasteiger partial charge in [-0.2, -0.15) is 0 Å². The van der Waals surface area contributed by atoms with E-state index in [1.54, 1.807) is 18.2 Å². The third kappa shape index (κ3) is 2.57. The smallest absolute Gasteiger partial charge is 0.322 e. The Morgan fingerprint density at radius 2 is 2.11 bits per heavy atom. The molecular formula is C12H14N2O4S. The van der Waals surface area contributed by atoms with E-state index < -0.39 is 27.1 Å². The number of benzene rings is 1. The van der Waals surface area contributed by atoms with Gasteiger partial charge in [0, 0.05) is 10.8 Å². The van der Waals surface area contributed by atoms with Gasteiger partial charge in [-0.25, -0.2) is 0 Å². The number of carboxylic acid groups (broad SMARTS) is 1. The Balaban J connectivity index is 2.35. The van der Waals surface area contributed by atoms with Crippen molar-refractivity contribution in [2.24, 2.45) is 0 Å². The normalized spacial score (nSPS) is 25.2. The summed E-state index contributed by atoms with van der Waals surface area (Å²) in [6.45, 7) is 3.64. The predicted octanol–water partition coefficient (Wildman–Crippen LogP) is 2.16. The summed E-state index contributed by atoms with van der Waals surface area (Å²) in [7, 11) is 0. The van der Waals surface area contributed by atoms with Gasteiger partial charge in [-0.15, -0.1) is 11.8 Å². The fourth-order valence-corrected chi connectivity index (χ4v) is 3.60. The van der Waals surface area contributed by atoms with Crippen LogP contribution in [0.1, 0.15) is 24.8 Å². The zero-order valence-electron chi connectivity index (χ0n) is 10.5. The van der Waals surface area contributed by atoms with E-state index in [0.717, 1.165) is 0 Å². The molecule has 1 fully saturated rings. The molecule has 19 heavy (non-hydrogen) atoms. The summed E-state index contributed by atoms with van der Waals surface area (Å²) in [6, 6.07) is 5.66. The van der Waals surface area contributed by atoms with E-state index in [0.29, 0.717) is 5.56 Å². The molecule has 2 N–H and O–H groups in total. The van der Waals surface area contributed by atoms with Crippen LogP contribution in [0.2, 0.25) is 0 Å². The SMILES string of the molecule is CC1(C)SC(c2ccccc2[N+](=O)[O-])NC1C(=O)O. The average Bonchev–Trinajstić information content (AvgIpc) is 2.65. The molecule has 2 atom stereocenters. The molecule has 0 aliphatic carbocycles. The number of nitro groups is 1. The third-order valence-electron chi connectivity index (χ3n) is 3.10. The molecule has 102 valence electrons. The van der Waals surface area contributed by atoms with Crippen LogP contribution in [0.25, 0.3) is 0 Å². The summed E-state index contributed by atoms with van der Waals surface area (Å²) >= 11 is 1.39. The molecule has 2 rings (SSSR count). The van der Waals surface area contributed by atoms with Crippen LogP contribution in [0.4, 0.5) is 5.69 Å². The Morgan fingerprint density at radius 1 is 1.47 bits per heavy atom. The second kappa shape index (κ2) is 4.82. The Kier molecular flexibility index (Phi) is 3.51. The van der Waals surface area contributed by atoms with Crippen molar-refractivity contribution in [1.82, 2.24) is 5.32 Å². The van der Waals surface area contributed by atoms with Crippen molar-refractivity contribution in [3.8, 4) is 0 Å². The molecule has 1 heterocycles. The maximum Gasteiger partial charge on any atom is 0.322 e. The van der Waals surface area contributed by atoms with Crippen molar-refractivity contribution in [2.75, 3.05) is 0 Å². The highest BCUT2D eigenvalue weighted by Gasteiger charge is 2.46. The van der Waals surface area contributed by atoms with Crippen LogP contribution in [0, 0.1) is 10.1 Å². The first-order valence-corrected chi connectivity index (χ1v) is 6.61. The van der Waals surface area contributed by atoms with Gasteiger partial charge in [0.2, 0.25) is 0 Å². The first-order chi connectivity index (χ1) is 8.83. The van der Waals surface area contributed by atoms with Crippen molar-refractivity contribution in [3.63, 3.8) is 0 Å². The van der Waals surface area contributed by atoms with Crippen LogP contribution in [0.15, 0.2) is 24.3 Å². The first-order valence-electron chi connectivity index (χ1n) is 5.73. The van der Waals surface area contributed by atoms with Crippen LogP contribution in [0.3, 0.4) is 0 Å². The zero-order valence-corrected chi connectivity index (χ0v) is 11.3. The molecule has 1 saturated heterocycles. The van der Waals surface area contributed by atoms with Crippen molar-refractivity contribution in [3.05, 3.63) is 39.9 Å². The van der Waals surface area contributed by atoms with Crippen molar-refractivity contribution >= 4 is 23.4 Å². The minimum absolute atomic E-state index is 0.00865. The van der Waals surface area contributed by atoms with Gasteiger partial charge in [-0.1, -0.05) is 12.1 Å². The Morgan fingerprint density at radius 3 is 2.63 bits per heavy atom.